The molecule has 5 nitrogen and oxygen atoms in total. The molecule has 0 bridgehead atoms. The van der Waals surface area contributed by atoms with Crippen LogP contribution in [0, 0.1) is 6.92 Å². The molecule has 0 atom stereocenters. The lowest BCUT2D eigenvalue weighted by Crippen LogP contribution is -2.01. The van der Waals surface area contributed by atoms with Crippen LogP contribution in [0.4, 0.5) is 0 Å². The van der Waals surface area contributed by atoms with E-state index in [0.717, 1.165) is 46.6 Å². The van der Waals surface area contributed by atoms with Gasteiger partial charge in [-0.1, -0.05) is 13.0 Å². The molecule has 0 aliphatic heterocycles. The van der Waals surface area contributed by atoms with E-state index in [2.05, 4.69) is 41.7 Å². The quantitative estimate of drug-likeness (QED) is 0.800. The molecule has 3 aromatic rings. The van der Waals surface area contributed by atoms with Crippen LogP contribution in [-0.2, 0) is 20.1 Å². The molecule has 3 rings (SSSR count). The summed E-state index contributed by atoms with van der Waals surface area (Å²) in [4.78, 5) is 4.84. The Balaban J connectivity index is 2.25. The number of nitrogens with two attached hydrogens (primary N) is 1. The van der Waals surface area contributed by atoms with Gasteiger partial charge in [0.15, 0.2) is 0 Å². The van der Waals surface area contributed by atoms with Gasteiger partial charge in [0, 0.05) is 25.8 Å². The molecular formula is C16H21N5. The fraction of sp³-hybridized carbons (Fsp3) is 0.375. The van der Waals surface area contributed by atoms with Crippen LogP contribution >= 0.6 is 0 Å². The van der Waals surface area contributed by atoms with Crippen LogP contribution in [0.25, 0.3) is 22.4 Å². The predicted octanol–water partition coefficient (Wildman–Crippen LogP) is 2.61. The number of aryl methyl sites for hydroxylation is 2. The number of nitrogens with zero attached hydrogens (tertiary/aromatic N) is 4. The highest BCUT2D eigenvalue weighted by Crippen LogP contribution is 2.27. The fourth-order valence-electron chi connectivity index (χ4n) is 2.68. The molecule has 1 aromatic carbocycles. The summed E-state index contributed by atoms with van der Waals surface area (Å²) in [6.45, 7) is 5.74. The Hall–Kier alpha value is -2.14. The van der Waals surface area contributed by atoms with E-state index in [1.54, 1.807) is 0 Å². The molecular weight excluding hydrogens is 262 g/mol. The SMILES string of the molecule is CCCn1c(-c2cnn(C)c2C)nc2cc(CN)ccc21. The van der Waals surface area contributed by atoms with Gasteiger partial charge in [0.1, 0.15) is 5.82 Å². The Bertz CT molecular complexity index is 781. The molecule has 0 aliphatic carbocycles. The first-order valence-corrected chi connectivity index (χ1v) is 7.34. The van der Waals surface area contributed by atoms with E-state index in [1.807, 2.05) is 17.9 Å². The van der Waals surface area contributed by atoms with Crippen molar-refractivity contribution in [3.63, 3.8) is 0 Å². The summed E-state index contributed by atoms with van der Waals surface area (Å²) in [5.41, 5.74) is 11.2. The molecule has 0 aliphatic rings. The van der Waals surface area contributed by atoms with Crippen LogP contribution in [0.1, 0.15) is 24.6 Å². The smallest absolute Gasteiger partial charge is 0.144 e. The predicted molar refractivity (Wildman–Crippen MR) is 84.9 cm³/mol. The van der Waals surface area contributed by atoms with Gasteiger partial charge in [-0.15, -0.1) is 0 Å². The Labute approximate surface area is 124 Å². The van der Waals surface area contributed by atoms with Gasteiger partial charge in [0.25, 0.3) is 0 Å². The van der Waals surface area contributed by atoms with E-state index in [1.165, 1.54) is 0 Å². The number of hydrogen-bond acceptors (Lipinski definition) is 3. The Kier molecular flexibility index (Phi) is 3.51. The lowest BCUT2D eigenvalue weighted by Gasteiger charge is -2.07. The molecule has 0 radical (unpaired) electrons. The van der Waals surface area contributed by atoms with Crippen LogP contribution in [-0.4, -0.2) is 19.3 Å². The molecule has 5 heteroatoms. The van der Waals surface area contributed by atoms with Crippen molar-refractivity contribution in [2.45, 2.75) is 33.4 Å². The zero-order valence-corrected chi connectivity index (χ0v) is 12.8. The maximum absolute atomic E-state index is 5.74. The minimum atomic E-state index is 0.540. The number of hydrogen-bond donors (Lipinski definition) is 1. The van der Waals surface area contributed by atoms with Gasteiger partial charge in [0.2, 0.25) is 0 Å². The molecule has 21 heavy (non-hydrogen) atoms. The standard InChI is InChI=1S/C16H21N5/c1-4-7-21-15-6-5-12(9-17)8-14(15)19-16(21)13-10-18-20(3)11(13)2/h5-6,8,10H,4,7,9,17H2,1-3H3. The lowest BCUT2D eigenvalue weighted by molar-refractivity contribution is 0.703. The van der Waals surface area contributed by atoms with Crippen LogP contribution in [0.5, 0.6) is 0 Å². The summed E-state index contributed by atoms with van der Waals surface area (Å²) in [5.74, 6) is 0.992. The summed E-state index contributed by atoms with van der Waals surface area (Å²) in [6, 6.07) is 6.28. The molecule has 0 saturated carbocycles. The topological polar surface area (TPSA) is 61.7 Å². The van der Waals surface area contributed by atoms with Crippen LogP contribution in [0.15, 0.2) is 24.4 Å². The first kappa shape index (κ1) is 13.8. The van der Waals surface area contributed by atoms with Gasteiger partial charge in [-0.2, -0.15) is 5.10 Å². The zero-order valence-electron chi connectivity index (χ0n) is 12.8. The maximum atomic E-state index is 5.74. The van der Waals surface area contributed by atoms with E-state index in [-0.39, 0.29) is 0 Å². The maximum Gasteiger partial charge on any atom is 0.144 e. The van der Waals surface area contributed by atoms with Gasteiger partial charge < -0.3 is 10.3 Å². The molecule has 110 valence electrons. The highest BCUT2D eigenvalue weighted by Gasteiger charge is 2.16. The second-order valence-electron chi connectivity index (χ2n) is 5.38. The van der Waals surface area contributed by atoms with Crippen molar-refractivity contribution in [1.82, 2.24) is 19.3 Å². The van der Waals surface area contributed by atoms with Crippen molar-refractivity contribution < 1.29 is 0 Å². The van der Waals surface area contributed by atoms with Crippen molar-refractivity contribution in [1.29, 1.82) is 0 Å². The molecule has 2 N–H and O–H groups in total. The second-order valence-corrected chi connectivity index (χ2v) is 5.38. The largest absolute Gasteiger partial charge is 0.326 e. The monoisotopic (exact) mass is 283 g/mol. The number of benzene rings is 1. The normalized spacial score (nSPS) is 11.4. The Morgan fingerprint density at radius 2 is 2.10 bits per heavy atom. The first-order valence-electron chi connectivity index (χ1n) is 7.34. The Morgan fingerprint density at radius 3 is 2.71 bits per heavy atom. The van der Waals surface area contributed by atoms with Crippen LogP contribution < -0.4 is 5.73 Å². The van der Waals surface area contributed by atoms with Crippen molar-refractivity contribution in [2.75, 3.05) is 0 Å². The van der Waals surface area contributed by atoms with Gasteiger partial charge in [-0.25, -0.2) is 4.98 Å². The summed E-state index contributed by atoms with van der Waals surface area (Å²) in [6.07, 6.45) is 2.96. The third-order valence-electron chi connectivity index (χ3n) is 3.97. The van der Waals surface area contributed by atoms with E-state index in [0.29, 0.717) is 6.54 Å². The second kappa shape index (κ2) is 5.33. The zero-order chi connectivity index (χ0) is 15.0. The first-order chi connectivity index (χ1) is 10.2. The van der Waals surface area contributed by atoms with Gasteiger partial charge >= 0.3 is 0 Å². The molecule has 0 unspecified atom stereocenters. The fourth-order valence-corrected chi connectivity index (χ4v) is 2.68. The molecule has 0 spiro atoms. The van der Waals surface area contributed by atoms with E-state index in [9.17, 15) is 0 Å². The van der Waals surface area contributed by atoms with Crippen molar-refractivity contribution in [3.05, 3.63) is 35.7 Å². The van der Waals surface area contributed by atoms with Gasteiger partial charge in [-0.05, 0) is 31.0 Å². The van der Waals surface area contributed by atoms with Crippen molar-refractivity contribution >= 4 is 11.0 Å². The molecule has 0 saturated heterocycles. The number of rotatable bonds is 4. The van der Waals surface area contributed by atoms with E-state index < -0.39 is 0 Å². The van der Waals surface area contributed by atoms with Crippen molar-refractivity contribution in [3.8, 4) is 11.4 Å². The summed E-state index contributed by atoms with van der Waals surface area (Å²) in [7, 11) is 1.96. The molecule has 0 amide bonds. The van der Waals surface area contributed by atoms with Crippen molar-refractivity contribution in [2.24, 2.45) is 12.8 Å². The molecule has 2 heterocycles. The number of imidazole rings is 1. The number of aromatic nitrogens is 4. The number of fused-ring (bicyclic) bond motifs is 1. The van der Waals surface area contributed by atoms with Gasteiger partial charge in [0.05, 0.1) is 22.8 Å². The lowest BCUT2D eigenvalue weighted by atomic mass is 10.2. The molecule has 2 aromatic heterocycles. The van der Waals surface area contributed by atoms with E-state index >= 15 is 0 Å². The average molecular weight is 283 g/mol. The third kappa shape index (κ3) is 2.23. The summed E-state index contributed by atoms with van der Waals surface area (Å²) >= 11 is 0. The van der Waals surface area contributed by atoms with Gasteiger partial charge in [-0.3, -0.25) is 4.68 Å². The summed E-state index contributed by atoms with van der Waals surface area (Å²) < 4.78 is 4.16. The highest BCUT2D eigenvalue weighted by molar-refractivity contribution is 5.81. The Morgan fingerprint density at radius 1 is 1.29 bits per heavy atom. The summed E-state index contributed by atoms with van der Waals surface area (Å²) in [5, 5.41) is 4.34. The highest BCUT2D eigenvalue weighted by atomic mass is 15.3. The van der Waals surface area contributed by atoms with Crippen LogP contribution in [0.2, 0.25) is 0 Å². The third-order valence-corrected chi connectivity index (χ3v) is 3.97. The minimum Gasteiger partial charge on any atom is -0.326 e. The van der Waals surface area contributed by atoms with Crippen LogP contribution in [0.3, 0.4) is 0 Å². The van der Waals surface area contributed by atoms with E-state index in [4.69, 9.17) is 10.7 Å². The average Bonchev–Trinajstić information content (AvgIpc) is 3.00. The molecule has 0 fully saturated rings. The minimum absolute atomic E-state index is 0.540.